The third-order valence-corrected chi connectivity index (χ3v) is 2.30. The predicted octanol–water partition coefficient (Wildman–Crippen LogP) is -0.984. The number of hydrazine groups is 2. The van der Waals surface area contributed by atoms with Crippen LogP contribution in [-0.4, -0.2) is 24.3 Å². The monoisotopic (exact) mass is 279 g/mol. The quantitative estimate of drug-likeness (QED) is 0.150. The molecule has 8 nitrogen and oxygen atoms in total. The zero-order valence-electron chi connectivity index (χ0n) is 10.8. The van der Waals surface area contributed by atoms with Crippen molar-refractivity contribution < 1.29 is 14.4 Å². The van der Waals surface area contributed by atoms with E-state index in [1.807, 2.05) is 18.2 Å². The summed E-state index contributed by atoms with van der Waals surface area (Å²) in [7, 11) is 0. The van der Waals surface area contributed by atoms with Crippen molar-refractivity contribution in [2.45, 2.75) is 12.8 Å². The number of para-hydroxylation sites is 1. The largest absolute Gasteiger partial charge is 0.326 e. The fourth-order valence-corrected chi connectivity index (χ4v) is 1.35. The van der Waals surface area contributed by atoms with Crippen molar-refractivity contribution in [3.8, 4) is 0 Å². The standard InChI is InChI=1S/C12H17N5O3/c13-16-11(19)12(20)17-14-8-4-7-10(18)15-9-5-2-1-3-6-9/h1-3,5-6,14H,4,7-8,13H2,(H,15,18)(H,16,19)(H,17,20). The number of carbonyl (C=O) groups excluding carboxylic acids is 3. The smallest absolute Gasteiger partial charge is 0.324 e. The van der Waals surface area contributed by atoms with Gasteiger partial charge in [-0.15, -0.1) is 0 Å². The third-order valence-electron chi connectivity index (χ3n) is 2.30. The molecule has 0 spiro atoms. The minimum Gasteiger partial charge on any atom is -0.326 e. The summed E-state index contributed by atoms with van der Waals surface area (Å²) in [5, 5.41) is 2.73. The molecule has 0 saturated heterocycles. The van der Waals surface area contributed by atoms with Crippen LogP contribution in [0.5, 0.6) is 0 Å². The molecular formula is C12H17N5O3. The predicted molar refractivity (Wildman–Crippen MR) is 72.8 cm³/mol. The van der Waals surface area contributed by atoms with E-state index < -0.39 is 11.8 Å². The van der Waals surface area contributed by atoms with Gasteiger partial charge < -0.3 is 5.32 Å². The van der Waals surface area contributed by atoms with Crippen LogP contribution in [0.15, 0.2) is 30.3 Å². The van der Waals surface area contributed by atoms with Crippen LogP contribution >= 0.6 is 0 Å². The van der Waals surface area contributed by atoms with Gasteiger partial charge >= 0.3 is 11.8 Å². The summed E-state index contributed by atoms with van der Waals surface area (Å²) in [6, 6.07) is 9.10. The normalized spacial score (nSPS) is 9.65. The SMILES string of the molecule is NNC(=O)C(=O)NNCCCC(=O)Nc1ccccc1. The van der Waals surface area contributed by atoms with Crippen molar-refractivity contribution in [1.82, 2.24) is 16.3 Å². The number of rotatable bonds is 6. The highest BCUT2D eigenvalue weighted by Gasteiger charge is 2.10. The molecule has 6 N–H and O–H groups in total. The fourth-order valence-electron chi connectivity index (χ4n) is 1.35. The maximum Gasteiger partial charge on any atom is 0.324 e. The van der Waals surface area contributed by atoms with E-state index >= 15 is 0 Å². The van der Waals surface area contributed by atoms with E-state index in [0.717, 1.165) is 5.69 Å². The summed E-state index contributed by atoms with van der Waals surface area (Å²) in [5.74, 6) is 2.82. The summed E-state index contributed by atoms with van der Waals surface area (Å²) in [5.41, 5.74) is 7.10. The molecule has 0 unspecified atom stereocenters. The van der Waals surface area contributed by atoms with E-state index in [1.54, 1.807) is 17.6 Å². The van der Waals surface area contributed by atoms with Crippen LogP contribution in [0.3, 0.4) is 0 Å². The highest BCUT2D eigenvalue weighted by molar-refractivity contribution is 6.34. The first-order valence-electron chi connectivity index (χ1n) is 6.02. The Morgan fingerprint density at radius 1 is 1.05 bits per heavy atom. The molecule has 8 heteroatoms. The molecule has 0 aliphatic heterocycles. The number of nitrogens with two attached hydrogens (primary N) is 1. The van der Waals surface area contributed by atoms with Gasteiger partial charge in [0, 0.05) is 18.7 Å². The van der Waals surface area contributed by atoms with Crippen LogP contribution in [0.2, 0.25) is 0 Å². The maximum absolute atomic E-state index is 11.6. The molecule has 0 aromatic heterocycles. The van der Waals surface area contributed by atoms with Gasteiger partial charge in [-0.2, -0.15) is 0 Å². The molecule has 0 heterocycles. The molecule has 0 radical (unpaired) electrons. The molecule has 108 valence electrons. The molecule has 3 amide bonds. The summed E-state index contributed by atoms with van der Waals surface area (Å²) in [6.07, 6.45) is 0.796. The van der Waals surface area contributed by atoms with Gasteiger partial charge in [-0.3, -0.25) is 25.2 Å². The zero-order valence-corrected chi connectivity index (χ0v) is 10.8. The van der Waals surface area contributed by atoms with Crippen LogP contribution < -0.4 is 27.4 Å². The number of hydrogen-bond acceptors (Lipinski definition) is 5. The average molecular weight is 279 g/mol. The number of hydrogen-bond donors (Lipinski definition) is 5. The van der Waals surface area contributed by atoms with Gasteiger partial charge in [0.1, 0.15) is 0 Å². The Morgan fingerprint density at radius 3 is 2.40 bits per heavy atom. The number of carbonyl (C=O) groups is 3. The molecule has 0 aliphatic carbocycles. The van der Waals surface area contributed by atoms with E-state index in [9.17, 15) is 14.4 Å². The highest BCUT2D eigenvalue weighted by atomic mass is 16.2. The lowest BCUT2D eigenvalue weighted by molar-refractivity contribution is -0.139. The number of amides is 3. The lowest BCUT2D eigenvalue weighted by atomic mass is 10.2. The van der Waals surface area contributed by atoms with Gasteiger partial charge in [-0.1, -0.05) is 18.2 Å². The highest BCUT2D eigenvalue weighted by Crippen LogP contribution is 2.05. The molecule has 0 saturated carbocycles. The topological polar surface area (TPSA) is 125 Å². The van der Waals surface area contributed by atoms with E-state index in [2.05, 4.69) is 16.2 Å². The number of nitrogens with one attached hydrogen (secondary N) is 4. The van der Waals surface area contributed by atoms with Crippen molar-refractivity contribution in [2.24, 2.45) is 5.84 Å². The van der Waals surface area contributed by atoms with Crippen LogP contribution in [-0.2, 0) is 14.4 Å². The Hall–Kier alpha value is -2.45. The molecule has 1 aromatic rings. The van der Waals surface area contributed by atoms with Gasteiger partial charge in [0.25, 0.3) is 0 Å². The molecule has 0 bridgehead atoms. The number of anilines is 1. The molecule has 0 fully saturated rings. The van der Waals surface area contributed by atoms with Crippen LogP contribution in [0.1, 0.15) is 12.8 Å². The van der Waals surface area contributed by atoms with Crippen LogP contribution in [0, 0.1) is 0 Å². The Labute approximate surface area is 116 Å². The zero-order chi connectivity index (χ0) is 14.8. The van der Waals surface area contributed by atoms with Gasteiger partial charge in [0.2, 0.25) is 5.91 Å². The molecule has 1 aromatic carbocycles. The van der Waals surface area contributed by atoms with Gasteiger partial charge in [-0.25, -0.2) is 11.3 Å². The maximum atomic E-state index is 11.6. The van der Waals surface area contributed by atoms with Crippen molar-refractivity contribution in [3.05, 3.63) is 30.3 Å². The summed E-state index contributed by atoms with van der Waals surface area (Å²) >= 11 is 0. The Morgan fingerprint density at radius 2 is 1.75 bits per heavy atom. The van der Waals surface area contributed by atoms with Gasteiger partial charge in [0.15, 0.2) is 0 Å². The molecule has 20 heavy (non-hydrogen) atoms. The number of benzene rings is 1. The van der Waals surface area contributed by atoms with Crippen molar-refractivity contribution in [1.29, 1.82) is 0 Å². The first-order valence-corrected chi connectivity index (χ1v) is 6.02. The first-order chi connectivity index (χ1) is 9.63. The van der Waals surface area contributed by atoms with Gasteiger partial charge in [0.05, 0.1) is 0 Å². The van der Waals surface area contributed by atoms with Crippen LogP contribution in [0.4, 0.5) is 5.69 Å². The van der Waals surface area contributed by atoms with Gasteiger partial charge in [-0.05, 0) is 18.6 Å². The van der Waals surface area contributed by atoms with Crippen molar-refractivity contribution in [3.63, 3.8) is 0 Å². The second-order valence-corrected chi connectivity index (χ2v) is 3.87. The first kappa shape index (κ1) is 15.6. The lowest BCUT2D eigenvalue weighted by Gasteiger charge is -2.07. The van der Waals surface area contributed by atoms with E-state index in [4.69, 9.17) is 5.84 Å². The molecule has 1 rings (SSSR count). The second-order valence-electron chi connectivity index (χ2n) is 3.87. The lowest BCUT2D eigenvalue weighted by Crippen LogP contribution is -2.48. The van der Waals surface area contributed by atoms with E-state index in [0.29, 0.717) is 19.4 Å². The molecular weight excluding hydrogens is 262 g/mol. The fraction of sp³-hybridized carbons (Fsp3) is 0.250. The molecule has 0 atom stereocenters. The Bertz CT molecular complexity index is 463. The molecule has 0 aliphatic rings. The minimum absolute atomic E-state index is 0.121. The van der Waals surface area contributed by atoms with E-state index in [-0.39, 0.29) is 5.91 Å². The van der Waals surface area contributed by atoms with E-state index in [1.165, 1.54) is 0 Å². The second kappa shape index (κ2) is 8.62. The average Bonchev–Trinajstić information content (AvgIpc) is 2.46. The van der Waals surface area contributed by atoms with Crippen molar-refractivity contribution >= 4 is 23.4 Å². The Kier molecular flexibility index (Phi) is 6.72. The summed E-state index contributed by atoms with van der Waals surface area (Å²) in [4.78, 5) is 33.3. The van der Waals surface area contributed by atoms with Crippen LogP contribution in [0.25, 0.3) is 0 Å². The minimum atomic E-state index is -0.945. The van der Waals surface area contributed by atoms with Crippen molar-refractivity contribution in [2.75, 3.05) is 11.9 Å². The third kappa shape index (κ3) is 5.94. The summed E-state index contributed by atoms with van der Waals surface area (Å²) in [6.45, 7) is 0.353. The Balaban J connectivity index is 2.11. The summed E-state index contributed by atoms with van der Waals surface area (Å²) < 4.78 is 0.